The highest BCUT2D eigenvalue weighted by Crippen LogP contribution is 2.44. The lowest BCUT2D eigenvalue weighted by molar-refractivity contribution is 0.143. The summed E-state index contributed by atoms with van der Waals surface area (Å²) in [5.74, 6) is 0.0715. The van der Waals surface area contributed by atoms with Gasteiger partial charge in [0.05, 0.1) is 0 Å². The number of carbonyl (C=O) groups excluding carboxylic acids is 1. The first-order chi connectivity index (χ1) is 16.7. The highest BCUT2D eigenvalue weighted by atomic mass is 32.1. The molecule has 0 aliphatic heterocycles. The van der Waals surface area contributed by atoms with Crippen molar-refractivity contribution in [3.63, 3.8) is 0 Å². The number of hydrogen-bond donors (Lipinski definition) is 2. The van der Waals surface area contributed by atoms with Gasteiger partial charge in [-0.25, -0.2) is 4.79 Å². The van der Waals surface area contributed by atoms with Gasteiger partial charge in [-0.15, -0.1) is 0 Å². The number of ether oxygens (including phenoxy) is 1. The van der Waals surface area contributed by atoms with Crippen LogP contribution >= 0.6 is 12.2 Å². The van der Waals surface area contributed by atoms with Gasteiger partial charge < -0.3 is 15.0 Å². The average Bonchev–Trinajstić information content (AvgIpc) is 3.44. The number of hydrogen-bond acceptors (Lipinski definition) is 3. The number of imidazole rings is 1. The van der Waals surface area contributed by atoms with Crippen LogP contribution in [0, 0.1) is 4.77 Å². The quantitative estimate of drug-likeness (QED) is 0.242. The molecular weight excluding hydrogens is 442 g/mol. The summed E-state index contributed by atoms with van der Waals surface area (Å²) < 4.78 is 8.16. The molecule has 5 rings (SSSR count). The minimum Gasteiger partial charge on any atom is -0.449 e. The van der Waals surface area contributed by atoms with Gasteiger partial charge in [-0.1, -0.05) is 72.8 Å². The van der Waals surface area contributed by atoms with Crippen molar-refractivity contribution >= 4 is 24.4 Å². The van der Waals surface area contributed by atoms with Crippen LogP contribution in [0.2, 0.25) is 0 Å². The van der Waals surface area contributed by atoms with Crippen molar-refractivity contribution in [3.8, 4) is 16.8 Å². The van der Waals surface area contributed by atoms with E-state index in [-0.39, 0.29) is 12.0 Å². The van der Waals surface area contributed by atoms with Crippen LogP contribution in [0.15, 0.2) is 91.3 Å². The number of carbonyl (C=O) groups is 1. The molecule has 4 aromatic rings. The van der Waals surface area contributed by atoms with E-state index in [9.17, 15) is 4.79 Å². The lowest BCUT2D eigenvalue weighted by atomic mass is 9.98. The van der Waals surface area contributed by atoms with E-state index in [1.165, 1.54) is 22.3 Å². The summed E-state index contributed by atoms with van der Waals surface area (Å²) in [5.41, 5.74) is 6.98. The smallest absolute Gasteiger partial charge is 0.407 e. The molecule has 0 bridgehead atoms. The Morgan fingerprint density at radius 1 is 1.00 bits per heavy atom. The molecule has 0 atom stereocenters. The Kier molecular flexibility index (Phi) is 6.40. The summed E-state index contributed by atoms with van der Waals surface area (Å²) in [6, 6.07) is 24.8. The summed E-state index contributed by atoms with van der Waals surface area (Å²) in [7, 11) is 0. The fourth-order valence-electron chi connectivity index (χ4n) is 4.40. The SMILES string of the molecule is O=C(NCCC=Cc1ccc(-n2cc[nH]c2=S)cc1)OCC1c2ccccc2-c2ccccc21. The first kappa shape index (κ1) is 21.9. The fourth-order valence-corrected chi connectivity index (χ4v) is 4.63. The van der Waals surface area contributed by atoms with Gasteiger partial charge in [0.1, 0.15) is 6.61 Å². The summed E-state index contributed by atoms with van der Waals surface area (Å²) in [4.78, 5) is 15.3. The second-order valence-corrected chi connectivity index (χ2v) is 8.56. The largest absolute Gasteiger partial charge is 0.449 e. The van der Waals surface area contributed by atoms with E-state index in [2.05, 4.69) is 34.6 Å². The number of fused-ring (bicyclic) bond motifs is 3. The monoisotopic (exact) mass is 467 g/mol. The number of H-pyrrole nitrogens is 1. The van der Waals surface area contributed by atoms with E-state index in [0.717, 1.165) is 17.7 Å². The third kappa shape index (κ3) is 4.58. The van der Waals surface area contributed by atoms with Crippen LogP contribution in [0.5, 0.6) is 0 Å². The van der Waals surface area contributed by atoms with Crippen molar-refractivity contribution in [2.24, 2.45) is 0 Å². The topological polar surface area (TPSA) is 59.0 Å². The normalized spacial score (nSPS) is 12.5. The van der Waals surface area contributed by atoms with Crippen LogP contribution in [-0.2, 0) is 4.74 Å². The summed E-state index contributed by atoms with van der Waals surface area (Å²) in [6.07, 6.45) is 8.14. The minimum absolute atomic E-state index is 0.0715. The average molecular weight is 468 g/mol. The molecule has 170 valence electrons. The maximum atomic E-state index is 12.3. The maximum Gasteiger partial charge on any atom is 0.407 e. The van der Waals surface area contributed by atoms with Crippen molar-refractivity contribution in [2.75, 3.05) is 13.2 Å². The molecule has 6 heteroatoms. The highest BCUT2D eigenvalue weighted by molar-refractivity contribution is 7.71. The zero-order valence-electron chi connectivity index (χ0n) is 18.6. The lowest BCUT2D eigenvalue weighted by Crippen LogP contribution is -2.26. The Hall–Kier alpha value is -3.90. The van der Waals surface area contributed by atoms with E-state index in [1.807, 2.05) is 77.6 Å². The zero-order chi connectivity index (χ0) is 23.3. The summed E-state index contributed by atoms with van der Waals surface area (Å²) in [5, 5.41) is 2.84. The number of rotatable bonds is 7. The molecule has 0 saturated heterocycles. The fraction of sp³-hybridized carbons (Fsp3) is 0.143. The molecular formula is C28H25N3O2S. The van der Waals surface area contributed by atoms with Crippen LogP contribution < -0.4 is 5.32 Å². The number of amides is 1. The Morgan fingerprint density at radius 3 is 2.32 bits per heavy atom. The maximum absolute atomic E-state index is 12.3. The van der Waals surface area contributed by atoms with Crippen molar-refractivity contribution < 1.29 is 9.53 Å². The molecule has 1 aliphatic carbocycles. The first-order valence-electron chi connectivity index (χ1n) is 11.3. The molecule has 0 unspecified atom stereocenters. The molecule has 0 spiro atoms. The summed E-state index contributed by atoms with van der Waals surface area (Å²) >= 11 is 5.25. The van der Waals surface area contributed by atoms with Gasteiger partial charge in [-0.3, -0.25) is 4.57 Å². The number of aromatic amines is 1. The van der Waals surface area contributed by atoms with Crippen molar-refractivity contribution in [3.05, 3.63) is 113 Å². The standard InChI is InChI=1S/C28H25N3O2S/c32-28(33-19-26-24-10-3-1-8-22(24)23-9-2-4-11-25(23)26)30-16-6-5-7-20-12-14-21(15-13-20)31-18-17-29-27(31)34/h1-5,7-15,17-18,26H,6,16,19H2,(H,29,34)(H,30,32). The molecule has 1 amide bonds. The molecule has 2 N–H and O–H groups in total. The predicted molar refractivity (Wildman–Crippen MR) is 138 cm³/mol. The van der Waals surface area contributed by atoms with Gasteiger partial charge in [-0.2, -0.15) is 0 Å². The zero-order valence-corrected chi connectivity index (χ0v) is 19.4. The van der Waals surface area contributed by atoms with E-state index in [4.69, 9.17) is 17.0 Å². The van der Waals surface area contributed by atoms with E-state index >= 15 is 0 Å². The Morgan fingerprint density at radius 2 is 1.68 bits per heavy atom. The van der Waals surface area contributed by atoms with Crippen LogP contribution in [0.25, 0.3) is 22.9 Å². The van der Waals surface area contributed by atoms with Crippen molar-refractivity contribution in [1.82, 2.24) is 14.9 Å². The predicted octanol–water partition coefficient (Wildman–Crippen LogP) is 6.48. The molecule has 0 saturated carbocycles. The Bertz CT molecular complexity index is 1340. The second-order valence-electron chi connectivity index (χ2n) is 8.17. The lowest BCUT2D eigenvalue weighted by Gasteiger charge is -2.14. The van der Waals surface area contributed by atoms with Crippen LogP contribution in [-0.4, -0.2) is 28.8 Å². The molecule has 5 nitrogen and oxygen atoms in total. The Labute approximate surface area is 203 Å². The van der Waals surface area contributed by atoms with Gasteiger partial charge >= 0.3 is 6.09 Å². The molecule has 1 aliphatic rings. The van der Waals surface area contributed by atoms with Gasteiger partial charge in [0, 0.05) is 30.5 Å². The van der Waals surface area contributed by atoms with Crippen LogP contribution in [0.3, 0.4) is 0 Å². The van der Waals surface area contributed by atoms with E-state index in [0.29, 0.717) is 17.9 Å². The van der Waals surface area contributed by atoms with Crippen LogP contribution in [0.1, 0.15) is 29.0 Å². The molecule has 0 radical (unpaired) electrons. The van der Waals surface area contributed by atoms with Crippen LogP contribution in [0.4, 0.5) is 4.79 Å². The summed E-state index contributed by atoms with van der Waals surface area (Å²) in [6.45, 7) is 0.844. The minimum atomic E-state index is -0.386. The number of nitrogens with zero attached hydrogens (tertiary/aromatic N) is 1. The molecule has 0 fully saturated rings. The van der Waals surface area contributed by atoms with Crippen molar-refractivity contribution in [1.29, 1.82) is 0 Å². The number of aromatic nitrogens is 2. The molecule has 1 heterocycles. The van der Waals surface area contributed by atoms with Gasteiger partial charge in [-0.05, 0) is 58.6 Å². The van der Waals surface area contributed by atoms with Gasteiger partial charge in [0.15, 0.2) is 4.77 Å². The number of benzene rings is 3. The van der Waals surface area contributed by atoms with E-state index < -0.39 is 0 Å². The van der Waals surface area contributed by atoms with E-state index in [1.54, 1.807) is 0 Å². The number of nitrogens with one attached hydrogen (secondary N) is 2. The third-order valence-electron chi connectivity index (χ3n) is 6.05. The molecule has 3 aromatic carbocycles. The molecule has 34 heavy (non-hydrogen) atoms. The Balaban J connectivity index is 1.09. The van der Waals surface area contributed by atoms with Gasteiger partial charge in [0.2, 0.25) is 0 Å². The molecule has 1 aromatic heterocycles. The van der Waals surface area contributed by atoms with Crippen molar-refractivity contribution in [2.45, 2.75) is 12.3 Å². The second kappa shape index (κ2) is 9.93. The highest BCUT2D eigenvalue weighted by Gasteiger charge is 2.28. The third-order valence-corrected chi connectivity index (χ3v) is 6.37. The number of alkyl carbamates (subject to hydrolysis) is 1. The first-order valence-corrected chi connectivity index (χ1v) is 11.7. The van der Waals surface area contributed by atoms with Gasteiger partial charge in [0.25, 0.3) is 0 Å².